The van der Waals surface area contributed by atoms with Crippen molar-refractivity contribution in [2.45, 2.75) is 64.4 Å². The number of allylic oxidation sites excluding steroid dienone is 2. The maximum absolute atomic E-state index is 9.27. The minimum atomic E-state index is 0.0605. The van der Waals surface area contributed by atoms with E-state index in [1.165, 1.54) is 38.5 Å². The first-order chi connectivity index (χ1) is 13.1. The van der Waals surface area contributed by atoms with Crippen LogP contribution < -0.4 is 0 Å². The average Bonchev–Trinajstić information content (AvgIpc) is 3.26. The number of hydrogen-bond donors (Lipinski definition) is 1. The lowest BCUT2D eigenvalue weighted by atomic mass is 9.46. The van der Waals surface area contributed by atoms with Gasteiger partial charge in [0.1, 0.15) is 0 Å². The number of hydrogen-bond acceptors (Lipinski definition) is 3. The fourth-order valence-corrected chi connectivity index (χ4v) is 8.93. The fourth-order valence-electron chi connectivity index (χ4n) is 8.93. The molecular formula is C24H33NO2. The van der Waals surface area contributed by atoms with Crippen LogP contribution in [0.1, 0.15) is 58.8 Å². The van der Waals surface area contributed by atoms with Crippen LogP contribution in [0.5, 0.6) is 0 Å². The molecule has 3 heteroatoms. The molecule has 0 aromatic heterocycles. The van der Waals surface area contributed by atoms with Crippen molar-refractivity contribution >= 4 is 5.71 Å². The van der Waals surface area contributed by atoms with Gasteiger partial charge in [-0.3, -0.25) is 0 Å². The molecule has 4 fully saturated rings. The number of fused-ring (bicyclic) bond motifs is 9. The van der Waals surface area contributed by atoms with Gasteiger partial charge in [-0.05, 0) is 86.0 Å². The van der Waals surface area contributed by atoms with Crippen molar-refractivity contribution in [3.8, 4) is 0 Å². The highest BCUT2D eigenvalue weighted by molar-refractivity contribution is 5.96. The number of oxime groups is 1. The first kappa shape index (κ1) is 16.8. The summed E-state index contributed by atoms with van der Waals surface area (Å²) in [5, 5.41) is 12.8. The van der Waals surface area contributed by atoms with Crippen molar-refractivity contribution in [1.82, 2.24) is 0 Å². The highest BCUT2D eigenvalue weighted by Gasteiger charge is 2.76. The van der Waals surface area contributed by atoms with Crippen LogP contribution in [-0.2, 0) is 4.74 Å². The van der Waals surface area contributed by atoms with Gasteiger partial charge in [0.15, 0.2) is 0 Å². The minimum Gasteiger partial charge on any atom is -0.411 e. The molecule has 0 aromatic carbocycles. The molecule has 6 aliphatic rings. The molecule has 6 rings (SSSR count). The fraction of sp³-hybridized carbons (Fsp3) is 0.792. The topological polar surface area (TPSA) is 41.8 Å². The second-order valence-electron chi connectivity index (χ2n) is 10.6. The highest BCUT2D eigenvalue weighted by atomic mass is 16.5. The molecule has 0 aromatic rings. The van der Waals surface area contributed by atoms with Crippen molar-refractivity contribution in [2.75, 3.05) is 6.61 Å². The van der Waals surface area contributed by atoms with Crippen LogP contribution in [0.15, 0.2) is 29.0 Å². The van der Waals surface area contributed by atoms with E-state index in [9.17, 15) is 5.21 Å². The van der Waals surface area contributed by atoms with Crippen LogP contribution in [0.2, 0.25) is 0 Å². The monoisotopic (exact) mass is 367 g/mol. The Kier molecular flexibility index (Phi) is 3.42. The van der Waals surface area contributed by atoms with Crippen LogP contribution in [0.4, 0.5) is 0 Å². The second kappa shape index (κ2) is 5.49. The van der Waals surface area contributed by atoms with Gasteiger partial charge < -0.3 is 9.94 Å². The predicted molar refractivity (Wildman–Crippen MR) is 106 cm³/mol. The third-order valence-electron chi connectivity index (χ3n) is 9.92. The van der Waals surface area contributed by atoms with Crippen molar-refractivity contribution in [3.63, 3.8) is 0 Å². The first-order valence-corrected chi connectivity index (χ1v) is 11.4. The Hall–Kier alpha value is -1.09. The van der Waals surface area contributed by atoms with E-state index < -0.39 is 0 Å². The molecule has 0 amide bonds. The highest BCUT2D eigenvalue weighted by Crippen LogP contribution is 2.78. The lowest BCUT2D eigenvalue weighted by Gasteiger charge is -2.59. The molecule has 0 radical (unpaired) electrons. The number of ether oxygens (including phenoxy) is 1. The third-order valence-corrected chi connectivity index (χ3v) is 9.92. The van der Waals surface area contributed by atoms with Gasteiger partial charge >= 0.3 is 0 Å². The van der Waals surface area contributed by atoms with E-state index in [-0.39, 0.29) is 5.60 Å². The summed E-state index contributed by atoms with van der Waals surface area (Å²) in [6.45, 7) is 5.82. The van der Waals surface area contributed by atoms with Crippen LogP contribution in [0.3, 0.4) is 0 Å². The average molecular weight is 368 g/mol. The van der Waals surface area contributed by atoms with Gasteiger partial charge in [0.25, 0.3) is 0 Å². The second-order valence-corrected chi connectivity index (χ2v) is 10.6. The van der Waals surface area contributed by atoms with Gasteiger partial charge in [0.2, 0.25) is 0 Å². The van der Waals surface area contributed by atoms with Crippen LogP contribution in [0.25, 0.3) is 0 Å². The molecule has 0 saturated heterocycles. The Balaban J connectivity index is 1.41. The van der Waals surface area contributed by atoms with E-state index in [2.05, 4.69) is 37.2 Å². The smallest absolute Gasteiger partial charge is 0.0954 e. The zero-order valence-electron chi connectivity index (χ0n) is 16.7. The summed E-state index contributed by atoms with van der Waals surface area (Å²) in [6, 6.07) is 0. The molecule has 9 atom stereocenters. The summed E-state index contributed by atoms with van der Waals surface area (Å²) in [7, 11) is 0. The molecule has 1 spiro atoms. The van der Waals surface area contributed by atoms with Crippen molar-refractivity contribution < 1.29 is 9.94 Å². The molecule has 0 unspecified atom stereocenters. The van der Waals surface area contributed by atoms with E-state index in [0.29, 0.717) is 5.41 Å². The van der Waals surface area contributed by atoms with E-state index in [0.717, 1.165) is 60.2 Å². The molecule has 0 bridgehead atoms. The SMILES string of the molecule is CC[C@@H]1CC2=C/C(=N/O)CC[C@@H]2[C@H]2CC[C@@]3(C)[C@@H]([C@H]4C[C@H]4[C@@]34C=CCO4)[C@H]12. The maximum Gasteiger partial charge on any atom is 0.0954 e. The minimum absolute atomic E-state index is 0.0605. The normalized spacial score (nSPS) is 56.4. The Morgan fingerprint density at radius 1 is 1.30 bits per heavy atom. The van der Waals surface area contributed by atoms with E-state index >= 15 is 0 Å². The molecular weight excluding hydrogens is 334 g/mol. The molecule has 3 nitrogen and oxygen atoms in total. The summed E-state index contributed by atoms with van der Waals surface area (Å²) in [5.74, 6) is 5.79. The van der Waals surface area contributed by atoms with Gasteiger partial charge in [0.05, 0.1) is 17.9 Å². The van der Waals surface area contributed by atoms with E-state index in [4.69, 9.17) is 4.74 Å². The first-order valence-electron chi connectivity index (χ1n) is 11.4. The van der Waals surface area contributed by atoms with E-state index in [1.807, 2.05) is 0 Å². The Morgan fingerprint density at radius 3 is 2.93 bits per heavy atom. The molecule has 146 valence electrons. The van der Waals surface area contributed by atoms with Gasteiger partial charge in [-0.25, -0.2) is 0 Å². The van der Waals surface area contributed by atoms with Gasteiger partial charge in [-0.15, -0.1) is 0 Å². The zero-order valence-corrected chi connectivity index (χ0v) is 16.7. The molecule has 4 saturated carbocycles. The Labute approximate surface area is 162 Å². The molecule has 1 aliphatic heterocycles. The van der Waals surface area contributed by atoms with Crippen molar-refractivity contribution in [1.29, 1.82) is 0 Å². The molecule has 5 aliphatic carbocycles. The van der Waals surface area contributed by atoms with Crippen LogP contribution in [0, 0.1) is 46.8 Å². The number of nitrogens with zero attached hydrogens (tertiary/aromatic N) is 1. The lowest BCUT2D eigenvalue weighted by molar-refractivity contribution is -0.140. The zero-order chi connectivity index (χ0) is 18.4. The van der Waals surface area contributed by atoms with Crippen molar-refractivity contribution in [3.05, 3.63) is 23.8 Å². The summed E-state index contributed by atoms with van der Waals surface area (Å²) in [6.07, 6.45) is 15.8. The number of rotatable bonds is 1. The van der Waals surface area contributed by atoms with Gasteiger partial charge in [-0.2, -0.15) is 0 Å². The van der Waals surface area contributed by atoms with Crippen molar-refractivity contribution in [2.24, 2.45) is 52.0 Å². The maximum atomic E-state index is 9.27. The summed E-state index contributed by atoms with van der Waals surface area (Å²) in [4.78, 5) is 0. The standard InChI is InChI=1S/C24H33NO2/c1-3-14-11-15-12-16(25-26)5-6-17(15)18-7-9-23(2)22(21(14)18)19-13-20(19)24(23)8-4-10-27-24/h4,8,12,14,17-22,26H,3,5-7,9-11,13H2,1-2H3/b25-16+/t14-,17+,18-,19+,20-,21-,22+,23+,24+/m1/s1. The lowest BCUT2D eigenvalue weighted by Crippen LogP contribution is -2.56. The third kappa shape index (κ3) is 1.95. The molecule has 1 N–H and O–H groups in total. The quantitative estimate of drug-likeness (QED) is 0.393. The molecule has 1 heterocycles. The Morgan fingerprint density at radius 2 is 2.19 bits per heavy atom. The summed E-state index contributed by atoms with van der Waals surface area (Å²) in [5.41, 5.74) is 2.91. The Bertz CT molecular complexity index is 753. The van der Waals surface area contributed by atoms with Gasteiger partial charge in [-0.1, -0.05) is 43.1 Å². The molecule has 27 heavy (non-hydrogen) atoms. The summed E-state index contributed by atoms with van der Waals surface area (Å²) < 4.78 is 6.55. The van der Waals surface area contributed by atoms with Crippen LogP contribution in [-0.4, -0.2) is 23.1 Å². The summed E-state index contributed by atoms with van der Waals surface area (Å²) >= 11 is 0. The largest absolute Gasteiger partial charge is 0.411 e. The van der Waals surface area contributed by atoms with Crippen LogP contribution >= 0.6 is 0 Å². The van der Waals surface area contributed by atoms with Gasteiger partial charge in [0, 0.05) is 5.41 Å². The predicted octanol–water partition coefficient (Wildman–Crippen LogP) is 5.21. The van der Waals surface area contributed by atoms with E-state index in [1.54, 1.807) is 5.57 Å².